The SMILES string of the molecule is Cc1c2c(nn1-c1nnc(-c3ccc(OC(C)C)c(Cl)c3)s1)CCN(C(CO)CO)C2.Cl. The number of hydrogen-bond acceptors (Lipinski definition) is 8. The Balaban J connectivity index is 0.00000289. The Bertz CT molecular complexity index is 1070. The fourth-order valence-electron chi connectivity index (χ4n) is 3.72. The minimum Gasteiger partial charge on any atom is -0.489 e. The molecule has 1 aliphatic rings. The first-order chi connectivity index (χ1) is 14.9. The third-order valence-electron chi connectivity index (χ3n) is 5.40. The van der Waals surface area contributed by atoms with Gasteiger partial charge in [-0.3, -0.25) is 4.90 Å². The van der Waals surface area contributed by atoms with Crippen LogP contribution in [-0.2, 0) is 13.0 Å². The first-order valence-corrected chi connectivity index (χ1v) is 11.4. The van der Waals surface area contributed by atoms with E-state index in [2.05, 4.69) is 15.1 Å². The molecule has 11 heteroatoms. The Hall–Kier alpha value is -1.75. The van der Waals surface area contributed by atoms with Crippen LogP contribution in [-0.4, -0.2) is 67.0 Å². The van der Waals surface area contributed by atoms with Gasteiger partial charge in [-0.15, -0.1) is 22.6 Å². The maximum atomic E-state index is 9.51. The molecule has 0 atom stereocenters. The van der Waals surface area contributed by atoms with Gasteiger partial charge >= 0.3 is 0 Å². The van der Waals surface area contributed by atoms with Gasteiger partial charge in [-0.25, -0.2) is 4.68 Å². The number of nitrogens with zero attached hydrogens (tertiary/aromatic N) is 5. The van der Waals surface area contributed by atoms with Crippen LogP contribution in [0.5, 0.6) is 5.75 Å². The number of hydrogen-bond donors (Lipinski definition) is 2. The van der Waals surface area contributed by atoms with Gasteiger partial charge < -0.3 is 14.9 Å². The summed E-state index contributed by atoms with van der Waals surface area (Å²) in [4.78, 5) is 2.09. The smallest absolute Gasteiger partial charge is 0.233 e. The van der Waals surface area contributed by atoms with Gasteiger partial charge in [0.1, 0.15) is 10.8 Å². The van der Waals surface area contributed by atoms with Crippen LogP contribution >= 0.6 is 35.3 Å². The maximum absolute atomic E-state index is 9.51. The second-order valence-corrected chi connectivity index (χ2v) is 9.23. The largest absolute Gasteiger partial charge is 0.489 e. The van der Waals surface area contributed by atoms with Crippen LogP contribution in [0.25, 0.3) is 15.7 Å². The summed E-state index contributed by atoms with van der Waals surface area (Å²) in [5.41, 5.74) is 4.02. The van der Waals surface area contributed by atoms with Crippen molar-refractivity contribution < 1.29 is 14.9 Å². The summed E-state index contributed by atoms with van der Waals surface area (Å²) in [6.07, 6.45) is 0.810. The Morgan fingerprint density at radius 2 is 1.97 bits per heavy atom. The molecule has 0 unspecified atom stereocenters. The minimum atomic E-state index is -0.253. The van der Waals surface area contributed by atoms with E-state index < -0.39 is 0 Å². The minimum absolute atomic E-state index is 0. The number of rotatable bonds is 7. The van der Waals surface area contributed by atoms with Crippen LogP contribution < -0.4 is 4.74 Å². The Kier molecular flexibility index (Phi) is 8.13. The molecule has 0 saturated carbocycles. The summed E-state index contributed by atoms with van der Waals surface area (Å²) in [7, 11) is 0. The lowest BCUT2D eigenvalue weighted by Crippen LogP contribution is -2.43. The van der Waals surface area contributed by atoms with Gasteiger partial charge in [0.25, 0.3) is 0 Å². The van der Waals surface area contributed by atoms with Crippen molar-refractivity contribution >= 4 is 35.3 Å². The van der Waals surface area contributed by atoms with E-state index in [0.29, 0.717) is 22.4 Å². The number of fused-ring (bicyclic) bond motifs is 1. The first-order valence-electron chi connectivity index (χ1n) is 10.2. The number of aromatic nitrogens is 4. The number of aliphatic hydroxyl groups is 2. The fourth-order valence-corrected chi connectivity index (χ4v) is 4.79. The molecule has 0 radical (unpaired) electrons. The van der Waals surface area contributed by atoms with Crippen molar-refractivity contribution in [1.29, 1.82) is 0 Å². The second kappa shape index (κ2) is 10.5. The van der Waals surface area contributed by atoms with Crippen molar-refractivity contribution in [3.8, 4) is 21.5 Å². The average molecular weight is 500 g/mol. The molecule has 1 aromatic carbocycles. The van der Waals surface area contributed by atoms with Crippen LogP contribution in [0, 0.1) is 6.92 Å². The summed E-state index contributed by atoms with van der Waals surface area (Å²) in [5, 5.41) is 34.5. The summed E-state index contributed by atoms with van der Waals surface area (Å²) in [6.45, 7) is 7.19. The van der Waals surface area contributed by atoms with E-state index in [1.807, 2.05) is 43.7 Å². The Morgan fingerprint density at radius 3 is 2.62 bits per heavy atom. The third kappa shape index (κ3) is 4.93. The fraction of sp³-hybridized carbons (Fsp3) is 0.476. The number of aliphatic hydroxyl groups excluding tert-OH is 2. The molecule has 3 heterocycles. The van der Waals surface area contributed by atoms with Crippen molar-refractivity contribution in [2.45, 2.75) is 45.9 Å². The van der Waals surface area contributed by atoms with Gasteiger partial charge in [-0.1, -0.05) is 22.9 Å². The first kappa shape index (κ1) is 24.9. The summed E-state index contributed by atoms with van der Waals surface area (Å²) in [5.74, 6) is 0.648. The van der Waals surface area contributed by atoms with E-state index in [9.17, 15) is 10.2 Å². The van der Waals surface area contributed by atoms with E-state index in [0.717, 1.165) is 40.5 Å². The quantitative estimate of drug-likeness (QED) is 0.514. The van der Waals surface area contributed by atoms with Crippen molar-refractivity contribution in [2.24, 2.45) is 0 Å². The molecule has 0 bridgehead atoms. The summed E-state index contributed by atoms with van der Waals surface area (Å²) < 4.78 is 7.53. The molecule has 0 aliphatic carbocycles. The van der Waals surface area contributed by atoms with Gasteiger partial charge in [0.2, 0.25) is 5.13 Å². The lowest BCUT2D eigenvalue weighted by Gasteiger charge is -2.32. The van der Waals surface area contributed by atoms with Gasteiger partial charge in [0.15, 0.2) is 0 Å². The molecule has 32 heavy (non-hydrogen) atoms. The Labute approximate surface area is 202 Å². The van der Waals surface area contributed by atoms with Crippen molar-refractivity contribution in [3.05, 3.63) is 40.2 Å². The summed E-state index contributed by atoms with van der Waals surface area (Å²) >= 11 is 7.82. The van der Waals surface area contributed by atoms with Gasteiger partial charge in [-0.05, 0) is 39.0 Å². The molecule has 4 rings (SSSR count). The van der Waals surface area contributed by atoms with Crippen molar-refractivity contribution in [2.75, 3.05) is 19.8 Å². The Morgan fingerprint density at radius 1 is 1.22 bits per heavy atom. The molecule has 2 aromatic heterocycles. The average Bonchev–Trinajstić information content (AvgIpc) is 3.35. The molecule has 174 valence electrons. The highest BCUT2D eigenvalue weighted by atomic mass is 35.5. The standard InChI is InChI=1S/C21H26ClN5O3S.ClH/c1-12(2)30-19-5-4-14(8-17(19)22)20-23-24-21(31-20)27-13(3)16-9-26(15(10-28)11-29)7-6-18(16)25-27;/h4-5,8,12,15,28-29H,6-7,9-11H2,1-3H3;1H. The zero-order valence-corrected chi connectivity index (χ0v) is 20.5. The zero-order valence-electron chi connectivity index (χ0n) is 18.2. The van der Waals surface area contributed by atoms with Crippen molar-refractivity contribution in [1.82, 2.24) is 24.9 Å². The van der Waals surface area contributed by atoms with Gasteiger partial charge in [-0.2, -0.15) is 5.10 Å². The van der Waals surface area contributed by atoms with Crippen LogP contribution in [0.3, 0.4) is 0 Å². The zero-order chi connectivity index (χ0) is 22.1. The lowest BCUT2D eigenvalue weighted by molar-refractivity contribution is 0.0648. The second-order valence-electron chi connectivity index (χ2n) is 7.86. The normalized spacial score (nSPS) is 14.0. The number of halogens is 2. The molecule has 0 amide bonds. The molecule has 0 saturated heterocycles. The molecular weight excluding hydrogens is 473 g/mol. The number of ether oxygens (including phenoxy) is 1. The highest BCUT2D eigenvalue weighted by Crippen LogP contribution is 2.34. The third-order valence-corrected chi connectivity index (χ3v) is 6.64. The predicted molar refractivity (Wildman–Crippen MR) is 127 cm³/mol. The van der Waals surface area contributed by atoms with E-state index in [4.69, 9.17) is 21.4 Å². The highest BCUT2D eigenvalue weighted by molar-refractivity contribution is 7.17. The van der Waals surface area contributed by atoms with Gasteiger partial charge in [0.05, 0.1) is 36.1 Å². The van der Waals surface area contributed by atoms with E-state index in [1.54, 1.807) is 0 Å². The van der Waals surface area contributed by atoms with Crippen LogP contribution in [0.1, 0.15) is 30.8 Å². The van der Waals surface area contributed by atoms with E-state index in [1.165, 1.54) is 11.3 Å². The van der Waals surface area contributed by atoms with Crippen LogP contribution in [0.15, 0.2) is 18.2 Å². The lowest BCUT2D eigenvalue weighted by atomic mass is 10.0. The predicted octanol–water partition coefficient (Wildman–Crippen LogP) is 3.27. The molecule has 0 fully saturated rings. The molecule has 2 N–H and O–H groups in total. The molecule has 8 nitrogen and oxygen atoms in total. The number of benzene rings is 1. The maximum Gasteiger partial charge on any atom is 0.233 e. The van der Waals surface area contributed by atoms with Crippen molar-refractivity contribution in [3.63, 3.8) is 0 Å². The van der Waals surface area contributed by atoms with Crippen LogP contribution in [0.4, 0.5) is 0 Å². The topological polar surface area (TPSA) is 96.5 Å². The molecule has 1 aliphatic heterocycles. The van der Waals surface area contributed by atoms with E-state index >= 15 is 0 Å². The van der Waals surface area contributed by atoms with Crippen LogP contribution in [0.2, 0.25) is 5.02 Å². The van der Waals surface area contributed by atoms with Gasteiger partial charge in [0, 0.05) is 36.3 Å². The molecule has 0 spiro atoms. The monoisotopic (exact) mass is 499 g/mol. The highest BCUT2D eigenvalue weighted by Gasteiger charge is 2.28. The molecule has 3 aromatic rings. The summed E-state index contributed by atoms with van der Waals surface area (Å²) in [6, 6.07) is 5.36. The molecular formula is C21H27Cl2N5O3S. The van der Waals surface area contributed by atoms with E-state index in [-0.39, 0.29) is 37.8 Å².